The van der Waals surface area contributed by atoms with E-state index in [2.05, 4.69) is 26.6 Å². The maximum absolute atomic E-state index is 12.1. The molecular formula is C14H9BrClN3O3S. The molecule has 0 aromatic heterocycles. The number of nitro benzene ring substituents is 1. The van der Waals surface area contributed by atoms with E-state index in [1.807, 2.05) is 0 Å². The van der Waals surface area contributed by atoms with Crippen molar-refractivity contribution >= 4 is 62.1 Å². The normalized spacial score (nSPS) is 10.0. The van der Waals surface area contributed by atoms with Crippen molar-refractivity contribution in [3.63, 3.8) is 0 Å². The number of nitrogens with zero attached hydrogens (tertiary/aromatic N) is 1. The van der Waals surface area contributed by atoms with E-state index in [0.29, 0.717) is 15.7 Å². The van der Waals surface area contributed by atoms with Crippen LogP contribution in [0.1, 0.15) is 10.4 Å². The second-order valence-electron chi connectivity index (χ2n) is 4.31. The summed E-state index contributed by atoms with van der Waals surface area (Å²) in [6.45, 7) is 0. The molecule has 0 aliphatic heterocycles. The van der Waals surface area contributed by atoms with E-state index in [1.165, 1.54) is 18.2 Å². The van der Waals surface area contributed by atoms with Crippen molar-refractivity contribution in [3.8, 4) is 0 Å². The van der Waals surface area contributed by atoms with Gasteiger partial charge in [0, 0.05) is 16.6 Å². The van der Waals surface area contributed by atoms with Crippen LogP contribution in [0.15, 0.2) is 46.9 Å². The van der Waals surface area contributed by atoms with E-state index in [9.17, 15) is 14.9 Å². The molecule has 2 aromatic rings. The summed E-state index contributed by atoms with van der Waals surface area (Å²) in [4.78, 5) is 22.2. The highest BCUT2D eigenvalue weighted by Crippen LogP contribution is 2.26. The number of nitro groups is 1. The van der Waals surface area contributed by atoms with Crippen LogP contribution in [-0.4, -0.2) is 15.9 Å². The fraction of sp³-hybridized carbons (Fsp3) is 0. The monoisotopic (exact) mass is 413 g/mol. The molecule has 0 fully saturated rings. The average molecular weight is 415 g/mol. The van der Waals surface area contributed by atoms with Gasteiger partial charge in [-0.05, 0) is 46.3 Å². The smallest absolute Gasteiger partial charge is 0.271 e. The van der Waals surface area contributed by atoms with Gasteiger partial charge in [-0.2, -0.15) is 0 Å². The molecule has 0 saturated heterocycles. The highest BCUT2D eigenvalue weighted by molar-refractivity contribution is 9.10. The zero-order chi connectivity index (χ0) is 17.0. The maximum atomic E-state index is 12.1. The van der Waals surface area contributed by atoms with Crippen molar-refractivity contribution in [1.29, 1.82) is 0 Å². The van der Waals surface area contributed by atoms with Crippen LogP contribution in [-0.2, 0) is 0 Å². The van der Waals surface area contributed by atoms with E-state index in [4.69, 9.17) is 23.8 Å². The minimum Gasteiger partial charge on any atom is -0.331 e. The van der Waals surface area contributed by atoms with Crippen LogP contribution in [0.25, 0.3) is 0 Å². The van der Waals surface area contributed by atoms with E-state index < -0.39 is 10.8 Å². The van der Waals surface area contributed by atoms with Crippen LogP contribution < -0.4 is 10.6 Å². The molecule has 1 amide bonds. The summed E-state index contributed by atoms with van der Waals surface area (Å²) in [6, 6.07) is 10.8. The van der Waals surface area contributed by atoms with E-state index in [0.717, 1.165) is 0 Å². The molecule has 0 heterocycles. The molecule has 2 N–H and O–H groups in total. The second-order valence-corrected chi connectivity index (χ2v) is 5.98. The Balaban J connectivity index is 2.07. The Morgan fingerprint density at radius 3 is 2.57 bits per heavy atom. The first kappa shape index (κ1) is 17.3. The van der Waals surface area contributed by atoms with Crippen molar-refractivity contribution in [2.75, 3.05) is 5.32 Å². The molecule has 0 aliphatic carbocycles. The predicted molar refractivity (Wildman–Crippen MR) is 95.9 cm³/mol. The third-order valence-corrected chi connectivity index (χ3v) is 3.97. The van der Waals surface area contributed by atoms with Gasteiger partial charge in [0.15, 0.2) is 5.11 Å². The molecule has 0 aliphatic rings. The predicted octanol–water partition coefficient (Wildman–Crippen LogP) is 4.14. The van der Waals surface area contributed by atoms with Crippen molar-refractivity contribution < 1.29 is 9.72 Å². The molecule has 23 heavy (non-hydrogen) atoms. The van der Waals surface area contributed by atoms with Crippen LogP contribution in [0.3, 0.4) is 0 Å². The third kappa shape index (κ3) is 4.47. The number of amides is 1. The van der Waals surface area contributed by atoms with Crippen LogP contribution in [0.5, 0.6) is 0 Å². The second kappa shape index (κ2) is 7.49. The molecule has 118 valence electrons. The molecular weight excluding hydrogens is 406 g/mol. The quantitative estimate of drug-likeness (QED) is 0.448. The molecule has 6 nitrogen and oxygen atoms in total. The number of halogens is 2. The topological polar surface area (TPSA) is 84.3 Å². The van der Waals surface area contributed by atoms with Gasteiger partial charge in [0.05, 0.1) is 21.2 Å². The van der Waals surface area contributed by atoms with Gasteiger partial charge in [0.2, 0.25) is 0 Å². The summed E-state index contributed by atoms with van der Waals surface area (Å²) >= 11 is 14.3. The first-order valence-corrected chi connectivity index (χ1v) is 7.77. The Hall–Kier alpha value is -2.03. The lowest BCUT2D eigenvalue weighted by Gasteiger charge is -2.11. The number of nitrogens with one attached hydrogen (secondary N) is 2. The molecule has 9 heteroatoms. The van der Waals surface area contributed by atoms with Crippen LogP contribution in [0.2, 0.25) is 5.02 Å². The van der Waals surface area contributed by atoms with Crippen molar-refractivity contribution in [1.82, 2.24) is 5.32 Å². The van der Waals surface area contributed by atoms with Crippen molar-refractivity contribution in [2.24, 2.45) is 0 Å². The molecule has 2 rings (SSSR count). The third-order valence-electron chi connectivity index (χ3n) is 2.76. The lowest BCUT2D eigenvalue weighted by molar-refractivity contribution is -0.384. The number of hydrogen-bond donors (Lipinski definition) is 2. The van der Waals surface area contributed by atoms with Crippen molar-refractivity contribution in [3.05, 3.63) is 67.6 Å². The Labute approximate surface area is 150 Å². The number of thiocarbonyl (C=S) groups is 1. The minimum absolute atomic E-state index is 0.0292. The van der Waals surface area contributed by atoms with Gasteiger partial charge in [-0.3, -0.25) is 20.2 Å². The Bertz CT molecular complexity index is 801. The average Bonchev–Trinajstić information content (AvgIpc) is 2.49. The highest BCUT2D eigenvalue weighted by atomic mass is 79.9. The van der Waals surface area contributed by atoms with Crippen LogP contribution >= 0.6 is 39.7 Å². The van der Waals surface area contributed by atoms with Gasteiger partial charge in [-0.25, -0.2) is 0 Å². The minimum atomic E-state index is -0.553. The molecule has 0 radical (unpaired) electrons. The zero-order valence-electron chi connectivity index (χ0n) is 11.4. The summed E-state index contributed by atoms with van der Waals surface area (Å²) in [5.41, 5.74) is 0.643. The SMILES string of the molecule is O=C(NC(=S)Nc1ccc([N+](=O)[O-])cc1Cl)c1ccccc1Br. The summed E-state index contributed by atoms with van der Waals surface area (Å²) in [5, 5.41) is 16.0. The zero-order valence-corrected chi connectivity index (χ0v) is 14.5. The first-order valence-electron chi connectivity index (χ1n) is 6.19. The molecule has 0 atom stereocenters. The standard InChI is InChI=1S/C14H9BrClN3O3S/c15-10-4-2-1-3-9(10)13(20)18-14(23)17-12-6-5-8(19(21)22)7-11(12)16/h1-7H,(H2,17,18,20,23). The largest absolute Gasteiger partial charge is 0.331 e. The van der Waals surface area contributed by atoms with Gasteiger partial charge in [0.25, 0.3) is 11.6 Å². The Morgan fingerprint density at radius 2 is 1.96 bits per heavy atom. The molecule has 0 saturated carbocycles. The van der Waals surface area contributed by atoms with Gasteiger partial charge < -0.3 is 5.32 Å². The number of non-ortho nitro benzene ring substituents is 1. The van der Waals surface area contributed by atoms with E-state index in [-0.39, 0.29) is 15.8 Å². The van der Waals surface area contributed by atoms with E-state index >= 15 is 0 Å². The number of rotatable bonds is 3. The lowest BCUT2D eigenvalue weighted by Crippen LogP contribution is -2.34. The summed E-state index contributed by atoms with van der Waals surface area (Å²) < 4.78 is 0.633. The van der Waals surface area contributed by atoms with Gasteiger partial charge >= 0.3 is 0 Å². The van der Waals surface area contributed by atoms with Gasteiger partial charge in [-0.15, -0.1) is 0 Å². The summed E-state index contributed by atoms with van der Waals surface area (Å²) in [6.07, 6.45) is 0. The van der Waals surface area contributed by atoms with E-state index in [1.54, 1.807) is 24.3 Å². The number of carbonyl (C=O) groups excluding carboxylic acids is 1. The fourth-order valence-electron chi connectivity index (χ4n) is 1.69. The van der Waals surface area contributed by atoms with Crippen LogP contribution in [0.4, 0.5) is 11.4 Å². The fourth-order valence-corrected chi connectivity index (χ4v) is 2.58. The number of benzene rings is 2. The van der Waals surface area contributed by atoms with Crippen LogP contribution in [0, 0.1) is 10.1 Å². The number of carbonyl (C=O) groups is 1. The molecule has 2 aromatic carbocycles. The molecule has 0 spiro atoms. The number of anilines is 1. The maximum Gasteiger partial charge on any atom is 0.271 e. The highest BCUT2D eigenvalue weighted by Gasteiger charge is 2.13. The molecule has 0 bridgehead atoms. The van der Waals surface area contributed by atoms with Gasteiger partial charge in [-0.1, -0.05) is 23.7 Å². The Kier molecular flexibility index (Phi) is 5.64. The Morgan fingerprint density at radius 1 is 1.26 bits per heavy atom. The summed E-state index contributed by atoms with van der Waals surface area (Å²) in [7, 11) is 0. The lowest BCUT2D eigenvalue weighted by atomic mass is 10.2. The van der Waals surface area contributed by atoms with Gasteiger partial charge in [0.1, 0.15) is 0 Å². The first-order chi connectivity index (χ1) is 10.9. The number of hydrogen-bond acceptors (Lipinski definition) is 4. The molecule has 0 unspecified atom stereocenters. The summed E-state index contributed by atoms with van der Waals surface area (Å²) in [5.74, 6) is -0.395. The van der Waals surface area contributed by atoms with Crippen molar-refractivity contribution in [2.45, 2.75) is 0 Å².